The maximum absolute atomic E-state index is 5.50. The van der Waals surface area contributed by atoms with Gasteiger partial charge in [-0.1, -0.05) is 6.32 Å². The first kappa shape index (κ1) is 17.3. The van der Waals surface area contributed by atoms with Crippen molar-refractivity contribution in [3.05, 3.63) is 42.5 Å². The average Bonchev–Trinajstić information content (AvgIpc) is 3.03. The van der Waals surface area contributed by atoms with Crippen LogP contribution in [0.2, 0.25) is 0 Å². The highest BCUT2D eigenvalue weighted by Crippen LogP contribution is 2.32. The van der Waals surface area contributed by atoms with Crippen LogP contribution in [0.25, 0.3) is 0 Å². The van der Waals surface area contributed by atoms with Crippen LogP contribution in [-0.2, 0) is 6.42 Å². The number of methoxy groups -OCH3 is 2. The molecule has 1 aromatic rings. The number of nitrogens with one attached hydrogen (secondary N) is 1. The SMILES string of the molecule is COc1cc2c(cc1OC)C(C)=[N+]([B-]1[CH][CH][CH][NH+]1C(C)(C)C)CC2. The summed E-state index contributed by atoms with van der Waals surface area (Å²) in [7, 11) is 3.39. The maximum Gasteiger partial charge on any atom is 0.477 e. The van der Waals surface area contributed by atoms with Crippen molar-refractivity contribution < 1.29 is 18.8 Å². The molecule has 0 aliphatic carbocycles. The number of quaternary nitrogens is 1. The molecule has 2 aliphatic rings. The molecule has 3 rings (SSSR count). The Morgan fingerprint density at radius 2 is 1.79 bits per heavy atom. The fraction of sp³-hybridized carbons (Fsp3) is 0.474. The van der Waals surface area contributed by atoms with Crippen LogP contribution in [0.4, 0.5) is 0 Å². The molecule has 0 aromatic heterocycles. The summed E-state index contributed by atoms with van der Waals surface area (Å²) in [6.07, 6.45) is 5.53. The van der Waals surface area contributed by atoms with Gasteiger partial charge < -0.3 is 18.8 Å². The lowest BCUT2D eigenvalue weighted by molar-refractivity contribution is -0.834. The van der Waals surface area contributed by atoms with Crippen molar-refractivity contribution >= 4 is 12.7 Å². The minimum Gasteiger partial charge on any atom is -0.493 e. The van der Waals surface area contributed by atoms with E-state index in [2.05, 4.69) is 63.6 Å². The summed E-state index contributed by atoms with van der Waals surface area (Å²) in [5.41, 5.74) is 4.09. The molecule has 1 fully saturated rings. The minimum absolute atomic E-state index is 0.173. The highest BCUT2D eigenvalue weighted by molar-refractivity contribution is 6.48. The highest BCUT2D eigenvalue weighted by Gasteiger charge is 2.42. The summed E-state index contributed by atoms with van der Waals surface area (Å²) in [6.45, 7) is 12.8. The topological polar surface area (TPSA) is 25.9 Å². The van der Waals surface area contributed by atoms with Gasteiger partial charge in [0, 0.05) is 18.9 Å². The number of fused-ring (bicyclic) bond motifs is 1. The van der Waals surface area contributed by atoms with E-state index in [1.165, 1.54) is 21.6 Å². The Morgan fingerprint density at radius 1 is 1.12 bits per heavy atom. The Hall–Kier alpha value is -1.49. The van der Waals surface area contributed by atoms with Crippen LogP contribution in [0.5, 0.6) is 11.5 Å². The second-order valence-electron chi connectivity index (χ2n) is 7.59. The molecule has 5 heteroatoms. The Labute approximate surface area is 146 Å². The van der Waals surface area contributed by atoms with Gasteiger partial charge in [0.25, 0.3) is 0 Å². The van der Waals surface area contributed by atoms with E-state index in [1.54, 1.807) is 14.2 Å². The Bertz CT molecular complexity index is 664. The quantitative estimate of drug-likeness (QED) is 0.849. The van der Waals surface area contributed by atoms with Crippen LogP contribution in [0.15, 0.2) is 12.1 Å². The summed E-state index contributed by atoms with van der Waals surface area (Å²) in [4.78, 5) is 1.48. The van der Waals surface area contributed by atoms with E-state index in [-0.39, 0.29) is 5.54 Å². The van der Waals surface area contributed by atoms with Gasteiger partial charge in [0.15, 0.2) is 11.5 Å². The summed E-state index contributed by atoms with van der Waals surface area (Å²) < 4.78 is 13.5. The highest BCUT2D eigenvalue weighted by atomic mass is 16.5. The van der Waals surface area contributed by atoms with E-state index >= 15 is 0 Å². The van der Waals surface area contributed by atoms with Crippen molar-refractivity contribution in [3.8, 4) is 11.5 Å². The van der Waals surface area contributed by atoms with E-state index in [0.29, 0.717) is 6.98 Å². The Balaban J connectivity index is 2.02. The van der Waals surface area contributed by atoms with E-state index in [4.69, 9.17) is 9.47 Å². The molecule has 1 N–H and O–H groups in total. The van der Waals surface area contributed by atoms with Crippen molar-refractivity contribution in [2.75, 3.05) is 20.8 Å². The molecule has 0 spiro atoms. The largest absolute Gasteiger partial charge is 0.493 e. The van der Waals surface area contributed by atoms with Crippen molar-refractivity contribution in [3.63, 3.8) is 0 Å². The lowest BCUT2D eigenvalue weighted by Crippen LogP contribution is -3.21. The lowest BCUT2D eigenvalue weighted by Gasteiger charge is -2.39. The van der Waals surface area contributed by atoms with E-state index in [9.17, 15) is 0 Å². The third kappa shape index (κ3) is 2.94. The van der Waals surface area contributed by atoms with Gasteiger partial charge in [0.1, 0.15) is 5.71 Å². The van der Waals surface area contributed by atoms with Gasteiger partial charge in [-0.25, -0.2) is 0 Å². The zero-order chi connectivity index (χ0) is 17.5. The number of benzene rings is 1. The molecular weight excluding hydrogens is 299 g/mol. The smallest absolute Gasteiger partial charge is 0.477 e. The standard InChI is InChI=1S/C19H28BN2O2/c1-14-16-13-18(24-6)17(23-5)12-15(16)8-11-21(14)20-9-7-10-22(20)19(2,3)4/h7,9-10,12-13,22H,8,11H2,1-6H3/q+1. The molecule has 1 aromatic carbocycles. The molecule has 24 heavy (non-hydrogen) atoms. The number of ether oxygens (including phenoxy) is 2. The van der Waals surface area contributed by atoms with Crippen LogP contribution >= 0.6 is 0 Å². The first-order valence-corrected chi connectivity index (χ1v) is 8.61. The third-order valence-corrected chi connectivity index (χ3v) is 5.14. The van der Waals surface area contributed by atoms with Gasteiger partial charge in [-0.2, -0.15) is 0 Å². The molecule has 0 amide bonds. The fourth-order valence-corrected chi connectivity index (χ4v) is 3.81. The molecule has 4 nitrogen and oxygen atoms in total. The van der Waals surface area contributed by atoms with Gasteiger partial charge in [0.2, 0.25) is 0 Å². The first-order chi connectivity index (χ1) is 11.4. The minimum atomic E-state index is 0.173. The van der Waals surface area contributed by atoms with Crippen LogP contribution in [0.3, 0.4) is 0 Å². The molecule has 0 saturated carbocycles. The van der Waals surface area contributed by atoms with Crippen molar-refractivity contribution in [1.29, 1.82) is 0 Å². The second-order valence-corrected chi connectivity index (χ2v) is 7.59. The zero-order valence-electron chi connectivity index (χ0n) is 15.6. The predicted octanol–water partition coefficient (Wildman–Crippen LogP) is 1.38. The summed E-state index contributed by atoms with van der Waals surface area (Å²) in [5.74, 6) is 1.61. The molecular formula is C19H28BN2O2+. The molecule has 1 saturated heterocycles. The summed E-state index contributed by atoms with van der Waals surface area (Å²) in [5, 5.41) is 0. The van der Waals surface area contributed by atoms with Gasteiger partial charge in [-0.3, -0.25) is 0 Å². The number of rotatable bonds is 3. The Morgan fingerprint density at radius 3 is 2.42 bits per heavy atom. The molecule has 2 heterocycles. The number of nitrogens with zero attached hydrogens (tertiary/aromatic N) is 1. The summed E-state index contributed by atoms with van der Waals surface area (Å²) >= 11 is 0. The van der Waals surface area contributed by atoms with Gasteiger partial charge in [0.05, 0.1) is 32.8 Å². The molecule has 0 bridgehead atoms. The van der Waals surface area contributed by atoms with Crippen molar-refractivity contribution in [2.24, 2.45) is 0 Å². The second kappa shape index (κ2) is 6.43. The number of hydrogen-bond acceptors (Lipinski definition) is 2. The predicted molar refractivity (Wildman–Crippen MR) is 97.5 cm³/mol. The van der Waals surface area contributed by atoms with Crippen LogP contribution in [-0.4, -0.2) is 43.5 Å². The Kier molecular flexibility index (Phi) is 4.65. The van der Waals surface area contributed by atoms with Gasteiger partial charge in [-0.05, 0) is 44.9 Å². The molecule has 2 aliphatic heterocycles. The zero-order valence-corrected chi connectivity index (χ0v) is 15.6. The van der Waals surface area contributed by atoms with Crippen LogP contribution in [0, 0.1) is 19.3 Å². The average molecular weight is 327 g/mol. The van der Waals surface area contributed by atoms with E-state index in [0.717, 1.165) is 24.5 Å². The first-order valence-electron chi connectivity index (χ1n) is 8.61. The monoisotopic (exact) mass is 327 g/mol. The third-order valence-electron chi connectivity index (χ3n) is 5.14. The molecule has 1 unspecified atom stereocenters. The fourth-order valence-electron chi connectivity index (χ4n) is 3.81. The normalized spacial score (nSPS) is 21.8. The van der Waals surface area contributed by atoms with Gasteiger partial charge >= 0.3 is 6.98 Å². The van der Waals surface area contributed by atoms with Crippen molar-refractivity contribution in [1.82, 2.24) is 0 Å². The molecule has 128 valence electrons. The van der Waals surface area contributed by atoms with Crippen LogP contribution in [0.1, 0.15) is 38.8 Å². The van der Waals surface area contributed by atoms with Crippen LogP contribution < -0.4 is 14.3 Å². The molecule has 4 radical (unpaired) electrons. The van der Waals surface area contributed by atoms with E-state index in [1.807, 2.05) is 0 Å². The van der Waals surface area contributed by atoms with E-state index < -0.39 is 0 Å². The maximum atomic E-state index is 5.50. The summed E-state index contributed by atoms with van der Waals surface area (Å²) in [6, 6.07) is 4.24. The molecule has 1 atom stereocenters. The van der Waals surface area contributed by atoms with Crippen molar-refractivity contribution in [2.45, 2.75) is 39.7 Å². The lowest BCUT2D eigenvalue weighted by atomic mass is 9.68. The number of hydrogen-bond donors (Lipinski definition) is 1. The van der Waals surface area contributed by atoms with Gasteiger partial charge in [-0.15, -0.1) is 0 Å².